The lowest BCUT2D eigenvalue weighted by Gasteiger charge is -2.31. The van der Waals surface area contributed by atoms with Crippen LogP contribution in [0.25, 0.3) is 11.0 Å². The van der Waals surface area contributed by atoms with Crippen molar-refractivity contribution in [3.05, 3.63) is 28.4 Å². The van der Waals surface area contributed by atoms with E-state index in [1.54, 1.807) is 0 Å². The van der Waals surface area contributed by atoms with E-state index in [9.17, 15) is 4.79 Å². The first kappa shape index (κ1) is 11.4. The summed E-state index contributed by atoms with van der Waals surface area (Å²) in [5.74, 6) is 0. The Kier molecular flexibility index (Phi) is 2.89. The van der Waals surface area contributed by atoms with E-state index in [2.05, 4.69) is 26.8 Å². The molecule has 0 radical (unpaired) electrons. The van der Waals surface area contributed by atoms with Crippen molar-refractivity contribution in [3.8, 4) is 0 Å². The molecule has 1 aliphatic rings. The van der Waals surface area contributed by atoms with Crippen LogP contribution in [0.3, 0.4) is 0 Å². The van der Waals surface area contributed by atoms with E-state index in [0.717, 1.165) is 32.0 Å². The molecule has 1 saturated heterocycles. The second-order valence-electron chi connectivity index (χ2n) is 4.54. The largest absolute Gasteiger partial charge is 0.379 e. The SMILES string of the molecule is CC(c1cc2nc[nH]c(=O)c2[nH]1)N1CCOCC1. The van der Waals surface area contributed by atoms with Crippen LogP contribution in [0.5, 0.6) is 0 Å². The first-order chi connectivity index (χ1) is 8.75. The van der Waals surface area contributed by atoms with Crippen molar-refractivity contribution < 1.29 is 4.74 Å². The maximum absolute atomic E-state index is 11.6. The molecule has 0 aliphatic carbocycles. The Morgan fingerprint density at radius 1 is 1.44 bits per heavy atom. The van der Waals surface area contributed by atoms with E-state index >= 15 is 0 Å². The highest BCUT2D eigenvalue weighted by Gasteiger charge is 2.20. The van der Waals surface area contributed by atoms with Gasteiger partial charge in [-0.05, 0) is 13.0 Å². The van der Waals surface area contributed by atoms with Crippen molar-refractivity contribution in [3.63, 3.8) is 0 Å². The Bertz CT molecular complexity index is 597. The van der Waals surface area contributed by atoms with Crippen LogP contribution in [0.2, 0.25) is 0 Å². The monoisotopic (exact) mass is 248 g/mol. The molecule has 1 aliphatic heterocycles. The molecule has 0 saturated carbocycles. The van der Waals surface area contributed by atoms with E-state index in [1.807, 2.05) is 6.07 Å². The topological polar surface area (TPSA) is 74.0 Å². The third kappa shape index (κ3) is 1.93. The molecule has 3 rings (SSSR count). The Balaban J connectivity index is 1.93. The van der Waals surface area contributed by atoms with Crippen molar-refractivity contribution >= 4 is 11.0 Å². The van der Waals surface area contributed by atoms with Crippen LogP contribution >= 0.6 is 0 Å². The molecule has 1 fully saturated rings. The summed E-state index contributed by atoms with van der Waals surface area (Å²) in [6.45, 7) is 5.50. The predicted octanol–water partition coefficient (Wildman–Crippen LogP) is 0.644. The fraction of sp³-hybridized carbons (Fsp3) is 0.500. The second-order valence-corrected chi connectivity index (χ2v) is 4.54. The smallest absolute Gasteiger partial charge is 0.275 e. The highest BCUT2D eigenvalue weighted by Crippen LogP contribution is 2.22. The van der Waals surface area contributed by atoms with Crippen molar-refractivity contribution in [1.82, 2.24) is 19.9 Å². The Morgan fingerprint density at radius 3 is 2.94 bits per heavy atom. The third-order valence-corrected chi connectivity index (χ3v) is 3.49. The predicted molar refractivity (Wildman–Crippen MR) is 67.5 cm³/mol. The number of hydrogen-bond acceptors (Lipinski definition) is 4. The molecular weight excluding hydrogens is 232 g/mol. The molecule has 3 heterocycles. The Hall–Kier alpha value is -1.66. The number of fused-ring (bicyclic) bond motifs is 1. The summed E-state index contributed by atoms with van der Waals surface area (Å²) in [6, 6.07) is 2.19. The van der Waals surface area contributed by atoms with E-state index in [1.165, 1.54) is 6.33 Å². The summed E-state index contributed by atoms with van der Waals surface area (Å²) in [6.07, 6.45) is 1.43. The van der Waals surface area contributed by atoms with Crippen LogP contribution in [0.15, 0.2) is 17.2 Å². The van der Waals surface area contributed by atoms with Gasteiger partial charge < -0.3 is 14.7 Å². The number of nitrogens with zero attached hydrogens (tertiary/aromatic N) is 2. The number of ether oxygens (including phenoxy) is 1. The molecule has 0 aromatic carbocycles. The van der Waals surface area contributed by atoms with Crippen LogP contribution in [0, 0.1) is 0 Å². The van der Waals surface area contributed by atoms with Gasteiger partial charge in [0.25, 0.3) is 5.56 Å². The van der Waals surface area contributed by atoms with Gasteiger partial charge in [0.2, 0.25) is 0 Å². The summed E-state index contributed by atoms with van der Waals surface area (Å²) in [4.78, 5) is 23.9. The van der Waals surface area contributed by atoms with Crippen LogP contribution < -0.4 is 5.56 Å². The van der Waals surface area contributed by atoms with Crippen LogP contribution in [-0.4, -0.2) is 46.2 Å². The summed E-state index contributed by atoms with van der Waals surface area (Å²) >= 11 is 0. The van der Waals surface area contributed by atoms with E-state index in [4.69, 9.17) is 4.74 Å². The summed E-state index contributed by atoms with van der Waals surface area (Å²) in [5.41, 5.74) is 2.16. The molecule has 2 N–H and O–H groups in total. The van der Waals surface area contributed by atoms with Gasteiger partial charge in [-0.2, -0.15) is 0 Å². The molecule has 0 bridgehead atoms. The van der Waals surface area contributed by atoms with Gasteiger partial charge in [-0.3, -0.25) is 9.69 Å². The molecule has 96 valence electrons. The molecule has 1 atom stereocenters. The van der Waals surface area contributed by atoms with Gasteiger partial charge in [0.1, 0.15) is 5.52 Å². The molecule has 0 amide bonds. The Morgan fingerprint density at radius 2 is 2.22 bits per heavy atom. The molecule has 2 aromatic heterocycles. The zero-order chi connectivity index (χ0) is 12.5. The fourth-order valence-corrected chi connectivity index (χ4v) is 2.36. The fourth-order valence-electron chi connectivity index (χ4n) is 2.36. The van der Waals surface area contributed by atoms with Gasteiger partial charge in [-0.1, -0.05) is 0 Å². The molecule has 6 nitrogen and oxygen atoms in total. The molecule has 18 heavy (non-hydrogen) atoms. The normalized spacial score (nSPS) is 19.2. The molecule has 1 unspecified atom stereocenters. The zero-order valence-electron chi connectivity index (χ0n) is 10.3. The lowest BCUT2D eigenvalue weighted by molar-refractivity contribution is 0.0192. The van der Waals surface area contributed by atoms with Crippen molar-refractivity contribution in [2.45, 2.75) is 13.0 Å². The van der Waals surface area contributed by atoms with E-state index < -0.39 is 0 Å². The minimum atomic E-state index is -0.125. The molecule has 6 heteroatoms. The summed E-state index contributed by atoms with van der Waals surface area (Å²) in [7, 11) is 0. The van der Waals surface area contributed by atoms with Crippen LogP contribution in [0.4, 0.5) is 0 Å². The van der Waals surface area contributed by atoms with Gasteiger partial charge >= 0.3 is 0 Å². The maximum atomic E-state index is 11.6. The zero-order valence-corrected chi connectivity index (χ0v) is 10.3. The first-order valence-corrected chi connectivity index (χ1v) is 6.14. The Labute approximate surface area is 104 Å². The number of morpholine rings is 1. The second kappa shape index (κ2) is 4.55. The van der Waals surface area contributed by atoms with Gasteiger partial charge in [0.15, 0.2) is 0 Å². The van der Waals surface area contributed by atoms with Crippen LogP contribution in [-0.2, 0) is 4.74 Å². The van der Waals surface area contributed by atoms with Gasteiger partial charge in [-0.15, -0.1) is 0 Å². The maximum Gasteiger partial charge on any atom is 0.275 e. The minimum absolute atomic E-state index is 0.125. The minimum Gasteiger partial charge on any atom is -0.379 e. The van der Waals surface area contributed by atoms with E-state index in [0.29, 0.717) is 11.0 Å². The van der Waals surface area contributed by atoms with Gasteiger partial charge in [0, 0.05) is 24.8 Å². The molecule has 0 spiro atoms. The number of H-pyrrole nitrogens is 2. The van der Waals surface area contributed by atoms with Crippen LogP contribution in [0.1, 0.15) is 18.7 Å². The average molecular weight is 248 g/mol. The van der Waals surface area contributed by atoms with E-state index in [-0.39, 0.29) is 11.6 Å². The van der Waals surface area contributed by atoms with Crippen molar-refractivity contribution in [2.75, 3.05) is 26.3 Å². The molecule has 2 aromatic rings. The lowest BCUT2D eigenvalue weighted by Crippen LogP contribution is -2.38. The van der Waals surface area contributed by atoms with Gasteiger partial charge in [-0.25, -0.2) is 4.98 Å². The first-order valence-electron chi connectivity index (χ1n) is 6.14. The quantitative estimate of drug-likeness (QED) is 0.818. The molecular formula is C12H16N4O2. The standard InChI is InChI=1S/C12H16N4O2/c1-8(16-2-4-18-5-3-16)9-6-10-11(15-9)12(17)14-7-13-10/h6-8,15H,2-5H2,1H3,(H,13,14,17). The van der Waals surface area contributed by atoms with Gasteiger partial charge in [0.05, 0.1) is 25.1 Å². The number of hydrogen-bond donors (Lipinski definition) is 2. The highest BCUT2D eigenvalue weighted by atomic mass is 16.5. The summed E-state index contributed by atoms with van der Waals surface area (Å²) < 4.78 is 5.34. The third-order valence-electron chi connectivity index (χ3n) is 3.49. The van der Waals surface area contributed by atoms with Crippen molar-refractivity contribution in [1.29, 1.82) is 0 Å². The highest BCUT2D eigenvalue weighted by molar-refractivity contribution is 5.74. The summed E-state index contributed by atoms with van der Waals surface area (Å²) in [5, 5.41) is 0. The number of aromatic amines is 2. The lowest BCUT2D eigenvalue weighted by atomic mass is 10.2. The number of aromatic nitrogens is 3. The number of nitrogens with one attached hydrogen (secondary N) is 2. The average Bonchev–Trinajstić information content (AvgIpc) is 2.84. The van der Waals surface area contributed by atoms with Crippen molar-refractivity contribution in [2.24, 2.45) is 0 Å². The number of rotatable bonds is 2.